The molecule has 0 saturated heterocycles. The number of benzene rings is 2. The molecule has 0 aliphatic rings. The van der Waals surface area contributed by atoms with Gasteiger partial charge in [0.15, 0.2) is 0 Å². The molecule has 2 aromatic rings. The lowest BCUT2D eigenvalue weighted by Crippen LogP contribution is -2.30. The molecule has 0 atom stereocenters. The van der Waals surface area contributed by atoms with Gasteiger partial charge < -0.3 is 4.90 Å². The lowest BCUT2D eigenvalue weighted by Gasteiger charge is -2.21. The Hall–Kier alpha value is -2.16. The van der Waals surface area contributed by atoms with E-state index < -0.39 is 0 Å². The van der Waals surface area contributed by atoms with Crippen LogP contribution in [0.25, 0.3) is 0 Å². The lowest BCUT2D eigenvalue weighted by molar-refractivity contribution is 0.0752. The number of carbonyl (C=O) groups excluding carboxylic acids is 1. The van der Waals surface area contributed by atoms with Crippen LogP contribution >= 0.6 is 0 Å². The highest BCUT2D eigenvalue weighted by Crippen LogP contribution is 2.13. The molecule has 20 heavy (non-hydrogen) atoms. The fourth-order valence-corrected chi connectivity index (χ4v) is 2.09. The van der Waals surface area contributed by atoms with Crippen molar-refractivity contribution < 1.29 is 9.18 Å². The Bertz CT molecular complexity index is 595. The molecule has 0 aliphatic carbocycles. The van der Waals surface area contributed by atoms with Gasteiger partial charge in [0.2, 0.25) is 0 Å². The Morgan fingerprint density at radius 1 is 1.15 bits per heavy atom. The van der Waals surface area contributed by atoms with Gasteiger partial charge in [0.05, 0.1) is 0 Å². The van der Waals surface area contributed by atoms with Crippen LogP contribution in [-0.4, -0.2) is 17.4 Å². The Kier molecular flexibility index (Phi) is 4.51. The van der Waals surface area contributed by atoms with Crippen LogP contribution in [0.4, 0.5) is 4.39 Å². The highest BCUT2D eigenvalue weighted by molar-refractivity contribution is 5.94. The zero-order chi connectivity index (χ0) is 14.5. The average Bonchev–Trinajstić information content (AvgIpc) is 2.48. The molecule has 104 valence electrons. The van der Waals surface area contributed by atoms with E-state index in [0.717, 1.165) is 5.56 Å². The second-order valence-corrected chi connectivity index (χ2v) is 4.77. The van der Waals surface area contributed by atoms with Crippen molar-refractivity contribution in [1.29, 1.82) is 0 Å². The predicted octanol–water partition coefficient (Wildman–Crippen LogP) is 3.80. The van der Waals surface area contributed by atoms with Crippen LogP contribution in [0.2, 0.25) is 0 Å². The second kappa shape index (κ2) is 6.33. The SMILES string of the molecule is CCN(Cc1ccccc1)C(=O)c1ccc(F)c(C)c1. The Labute approximate surface area is 118 Å². The first kappa shape index (κ1) is 14.3. The molecule has 0 spiro atoms. The van der Waals surface area contributed by atoms with E-state index in [9.17, 15) is 9.18 Å². The molecule has 0 fully saturated rings. The number of carbonyl (C=O) groups is 1. The van der Waals surface area contributed by atoms with Crippen LogP contribution in [0.5, 0.6) is 0 Å². The average molecular weight is 271 g/mol. The Morgan fingerprint density at radius 2 is 1.85 bits per heavy atom. The second-order valence-electron chi connectivity index (χ2n) is 4.77. The molecule has 0 saturated carbocycles. The van der Waals surface area contributed by atoms with Crippen molar-refractivity contribution >= 4 is 5.91 Å². The van der Waals surface area contributed by atoms with Crippen LogP contribution in [0, 0.1) is 12.7 Å². The minimum atomic E-state index is -0.285. The summed E-state index contributed by atoms with van der Waals surface area (Å²) in [6.07, 6.45) is 0. The highest BCUT2D eigenvalue weighted by atomic mass is 19.1. The molecule has 2 rings (SSSR count). The van der Waals surface area contributed by atoms with E-state index in [1.807, 2.05) is 37.3 Å². The largest absolute Gasteiger partial charge is 0.335 e. The first-order valence-electron chi connectivity index (χ1n) is 6.71. The van der Waals surface area contributed by atoms with Crippen molar-refractivity contribution in [3.8, 4) is 0 Å². The zero-order valence-electron chi connectivity index (χ0n) is 11.8. The first-order valence-corrected chi connectivity index (χ1v) is 6.71. The van der Waals surface area contributed by atoms with Crippen LogP contribution in [0.1, 0.15) is 28.4 Å². The number of halogens is 1. The van der Waals surface area contributed by atoms with Gasteiger partial charge in [0, 0.05) is 18.7 Å². The fraction of sp³-hybridized carbons (Fsp3) is 0.235. The third kappa shape index (κ3) is 3.23. The fourth-order valence-electron chi connectivity index (χ4n) is 2.09. The molecule has 1 amide bonds. The van der Waals surface area contributed by atoms with Crippen LogP contribution in [0.15, 0.2) is 48.5 Å². The van der Waals surface area contributed by atoms with Gasteiger partial charge in [-0.25, -0.2) is 4.39 Å². The van der Waals surface area contributed by atoms with Gasteiger partial charge in [-0.15, -0.1) is 0 Å². The summed E-state index contributed by atoms with van der Waals surface area (Å²) in [4.78, 5) is 14.2. The number of hydrogen-bond donors (Lipinski definition) is 0. The number of hydrogen-bond acceptors (Lipinski definition) is 1. The monoisotopic (exact) mass is 271 g/mol. The summed E-state index contributed by atoms with van der Waals surface area (Å²) in [6.45, 7) is 4.79. The summed E-state index contributed by atoms with van der Waals surface area (Å²) >= 11 is 0. The molecule has 0 radical (unpaired) electrons. The summed E-state index contributed by atoms with van der Waals surface area (Å²) in [5, 5.41) is 0. The maximum absolute atomic E-state index is 13.3. The molecule has 0 bridgehead atoms. The van der Waals surface area contributed by atoms with Crippen LogP contribution < -0.4 is 0 Å². The van der Waals surface area contributed by atoms with Crippen molar-refractivity contribution in [3.05, 3.63) is 71.0 Å². The van der Waals surface area contributed by atoms with Crippen LogP contribution in [0.3, 0.4) is 0 Å². The minimum absolute atomic E-state index is 0.0700. The maximum atomic E-state index is 13.3. The summed E-state index contributed by atoms with van der Waals surface area (Å²) in [5.41, 5.74) is 2.11. The van der Waals surface area contributed by atoms with E-state index in [-0.39, 0.29) is 11.7 Å². The quantitative estimate of drug-likeness (QED) is 0.828. The highest BCUT2D eigenvalue weighted by Gasteiger charge is 2.15. The van der Waals surface area contributed by atoms with Gasteiger partial charge in [-0.2, -0.15) is 0 Å². The molecule has 0 aromatic heterocycles. The van der Waals surface area contributed by atoms with E-state index in [4.69, 9.17) is 0 Å². The number of rotatable bonds is 4. The number of amides is 1. The minimum Gasteiger partial charge on any atom is -0.335 e. The summed E-state index contributed by atoms with van der Waals surface area (Å²) in [5.74, 6) is -0.355. The van der Waals surface area contributed by atoms with Gasteiger partial charge in [-0.05, 0) is 43.2 Å². The topological polar surface area (TPSA) is 20.3 Å². The summed E-state index contributed by atoms with van der Waals surface area (Å²) < 4.78 is 13.3. The normalized spacial score (nSPS) is 10.3. The Morgan fingerprint density at radius 3 is 2.45 bits per heavy atom. The predicted molar refractivity (Wildman–Crippen MR) is 78.0 cm³/mol. The molecule has 3 heteroatoms. The van der Waals surface area contributed by atoms with Crippen molar-refractivity contribution in [2.24, 2.45) is 0 Å². The third-order valence-electron chi connectivity index (χ3n) is 3.29. The van der Waals surface area contributed by atoms with E-state index in [0.29, 0.717) is 24.2 Å². The molecular weight excluding hydrogens is 253 g/mol. The molecule has 0 unspecified atom stereocenters. The molecule has 2 nitrogen and oxygen atoms in total. The van der Waals surface area contributed by atoms with Gasteiger partial charge in [0.1, 0.15) is 5.82 Å². The molecule has 0 aliphatic heterocycles. The third-order valence-corrected chi connectivity index (χ3v) is 3.29. The van der Waals surface area contributed by atoms with Crippen molar-refractivity contribution in [1.82, 2.24) is 4.90 Å². The van der Waals surface area contributed by atoms with Crippen molar-refractivity contribution in [2.75, 3.05) is 6.54 Å². The number of nitrogens with zero attached hydrogens (tertiary/aromatic N) is 1. The van der Waals surface area contributed by atoms with Gasteiger partial charge >= 0.3 is 0 Å². The summed E-state index contributed by atoms with van der Waals surface area (Å²) in [7, 11) is 0. The smallest absolute Gasteiger partial charge is 0.254 e. The summed E-state index contributed by atoms with van der Waals surface area (Å²) in [6, 6.07) is 14.3. The molecule has 0 heterocycles. The molecular formula is C17H18FNO. The van der Waals surface area contributed by atoms with E-state index in [1.165, 1.54) is 6.07 Å². The van der Waals surface area contributed by atoms with E-state index in [1.54, 1.807) is 24.0 Å². The lowest BCUT2D eigenvalue weighted by atomic mass is 10.1. The maximum Gasteiger partial charge on any atom is 0.254 e. The standard InChI is InChI=1S/C17H18FNO/c1-3-19(12-14-7-5-4-6-8-14)17(20)15-9-10-16(18)13(2)11-15/h4-11H,3,12H2,1-2H3. The van der Waals surface area contributed by atoms with Crippen LogP contribution in [-0.2, 0) is 6.54 Å². The van der Waals surface area contributed by atoms with Gasteiger partial charge in [-0.3, -0.25) is 4.79 Å². The Balaban J connectivity index is 2.18. The van der Waals surface area contributed by atoms with E-state index >= 15 is 0 Å². The molecule has 2 aromatic carbocycles. The zero-order valence-corrected chi connectivity index (χ0v) is 11.8. The molecule has 0 N–H and O–H groups in total. The van der Waals surface area contributed by atoms with Crippen molar-refractivity contribution in [2.45, 2.75) is 20.4 Å². The van der Waals surface area contributed by atoms with E-state index in [2.05, 4.69) is 0 Å². The first-order chi connectivity index (χ1) is 9.61. The number of aryl methyl sites for hydroxylation is 1. The van der Waals surface area contributed by atoms with Gasteiger partial charge in [0.25, 0.3) is 5.91 Å². The van der Waals surface area contributed by atoms with Crippen molar-refractivity contribution in [3.63, 3.8) is 0 Å². The van der Waals surface area contributed by atoms with Gasteiger partial charge in [-0.1, -0.05) is 30.3 Å².